The zero-order valence-corrected chi connectivity index (χ0v) is 15.6. The van der Waals surface area contributed by atoms with Crippen molar-refractivity contribution >= 4 is 17.4 Å². The van der Waals surface area contributed by atoms with Crippen LogP contribution in [-0.4, -0.2) is 32.0 Å². The number of amidine groups is 1. The molecule has 2 aromatic rings. The number of anilines is 1. The van der Waals surface area contributed by atoms with Crippen LogP contribution >= 0.6 is 0 Å². The van der Waals surface area contributed by atoms with E-state index in [0.717, 1.165) is 49.6 Å². The molecule has 1 saturated heterocycles. The minimum atomic E-state index is -0.0698. The number of aliphatic imine (C=N–C) groups is 1. The standard InChI is InChI=1S/C22H25N3O2/c1-23-20(26)17-8-6-16(7-9-17)15-24-21-22(10-12-27-13-11-22)14-18-4-2-3-5-19(18)25-21/h2-9H,10-15H2,1H3,(H,23,26)(H,24,25). The van der Waals surface area contributed by atoms with Crippen molar-refractivity contribution in [2.75, 3.05) is 25.6 Å². The molecule has 0 bridgehead atoms. The molecular weight excluding hydrogens is 338 g/mol. The topological polar surface area (TPSA) is 62.7 Å². The number of hydrogen-bond donors (Lipinski definition) is 2. The van der Waals surface area contributed by atoms with Crippen molar-refractivity contribution in [1.29, 1.82) is 0 Å². The van der Waals surface area contributed by atoms with Gasteiger partial charge >= 0.3 is 0 Å². The van der Waals surface area contributed by atoms with E-state index in [4.69, 9.17) is 9.73 Å². The fraction of sp³-hybridized carbons (Fsp3) is 0.364. The van der Waals surface area contributed by atoms with Crippen LogP contribution < -0.4 is 10.6 Å². The van der Waals surface area contributed by atoms with Crippen molar-refractivity contribution in [3.05, 3.63) is 65.2 Å². The summed E-state index contributed by atoms with van der Waals surface area (Å²) in [4.78, 5) is 16.7. The fourth-order valence-corrected chi connectivity index (χ4v) is 3.96. The first-order valence-corrected chi connectivity index (χ1v) is 9.49. The molecule has 0 aliphatic carbocycles. The van der Waals surface area contributed by atoms with E-state index in [1.54, 1.807) is 7.05 Å². The van der Waals surface area contributed by atoms with E-state index in [9.17, 15) is 4.79 Å². The van der Waals surface area contributed by atoms with E-state index in [0.29, 0.717) is 12.1 Å². The Balaban J connectivity index is 1.59. The van der Waals surface area contributed by atoms with Gasteiger partial charge in [0.25, 0.3) is 5.91 Å². The number of nitrogens with zero attached hydrogens (tertiary/aromatic N) is 1. The Kier molecular flexibility index (Phi) is 4.94. The Labute approximate surface area is 159 Å². The highest BCUT2D eigenvalue weighted by atomic mass is 16.5. The third-order valence-electron chi connectivity index (χ3n) is 5.61. The molecule has 2 aliphatic heterocycles. The first-order valence-electron chi connectivity index (χ1n) is 9.49. The lowest BCUT2D eigenvalue weighted by Gasteiger charge is -2.42. The normalized spacial score (nSPS) is 19.4. The molecule has 2 heterocycles. The Hall–Kier alpha value is -2.66. The molecule has 0 unspecified atom stereocenters. The quantitative estimate of drug-likeness (QED) is 0.878. The van der Waals surface area contributed by atoms with Gasteiger partial charge in [0.1, 0.15) is 5.84 Å². The number of ether oxygens (including phenoxy) is 1. The van der Waals surface area contributed by atoms with Gasteiger partial charge in [0.05, 0.1) is 6.54 Å². The van der Waals surface area contributed by atoms with E-state index in [1.807, 2.05) is 24.3 Å². The highest BCUT2D eigenvalue weighted by Gasteiger charge is 2.41. The molecule has 2 aliphatic rings. The molecule has 5 heteroatoms. The number of carbonyl (C=O) groups excluding carboxylic acids is 1. The van der Waals surface area contributed by atoms with Gasteiger partial charge in [-0.1, -0.05) is 30.3 Å². The van der Waals surface area contributed by atoms with E-state index >= 15 is 0 Å². The summed E-state index contributed by atoms with van der Waals surface area (Å²) in [6.45, 7) is 2.16. The van der Waals surface area contributed by atoms with Gasteiger partial charge in [-0.3, -0.25) is 9.79 Å². The molecular formula is C22H25N3O2. The lowest BCUT2D eigenvalue weighted by molar-refractivity contribution is 0.0448. The first kappa shape index (κ1) is 17.7. The van der Waals surface area contributed by atoms with Gasteiger partial charge in [-0.2, -0.15) is 0 Å². The highest BCUT2D eigenvalue weighted by Crippen LogP contribution is 2.41. The van der Waals surface area contributed by atoms with Crippen molar-refractivity contribution in [3.63, 3.8) is 0 Å². The summed E-state index contributed by atoms with van der Waals surface area (Å²) >= 11 is 0. The largest absolute Gasteiger partial charge is 0.381 e. The van der Waals surface area contributed by atoms with E-state index < -0.39 is 0 Å². The van der Waals surface area contributed by atoms with Crippen LogP contribution in [0.25, 0.3) is 0 Å². The van der Waals surface area contributed by atoms with E-state index in [1.165, 1.54) is 5.56 Å². The Morgan fingerprint density at radius 3 is 2.63 bits per heavy atom. The smallest absolute Gasteiger partial charge is 0.251 e. The van der Waals surface area contributed by atoms with E-state index in [2.05, 4.69) is 34.9 Å². The third-order valence-corrected chi connectivity index (χ3v) is 5.61. The number of para-hydroxylation sites is 1. The summed E-state index contributed by atoms with van der Waals surface area (Å²) in [6.07, 6.45) is 2.99. The van der Waals surface area contributed by atoms with Gasteiger partial charge in [0.15, 0.2) is 0 Å². The summed E-state index contributed by atoms with van der Waals surface area (Å²) in [5.74, 6) is 0.999. The van der Waals surface area contributed by atoms with Crippen LogP contribution in [0, 0.1) is 5.41 Å². The number of amides is 1. The monoisotopic (exact) mass is 363 g/mol. The summed E-state index contributed by atoms with van der Waals surface area (Å²) in [7, 11) is 1.64. The Morgan fingerprint density at radius 1 is 1.15 bits per heavy atom. The number of carbonyl (C=O) groups is 1. The predicted octanol–water partition coefficient (Wildman–Crippen LogP) is 3.41. The van der Waals surface area contributed by atoms with Gasteiger partial charge in [0.2, 0.25) is 0 Å². The van der Waals surface area contributed by atoms with Crippen LogP contribution in [0.4, 0.5) is 5.69 Å². The Bertz CT molecular complexity index is 852. The zero-order valence-electron chi connectivity index (χ0n) is 15.6. The second kappa shape index (κ2) is 7.53. The maximum absolute atomic E-state index is 11.7. The molecule has 0 atom stereocenters. The second-order valence-electron chi connectivity index (χ2n) is 7.29. The van der Waals surface area contributed by atoms with E-state index in [-0.39, 0.29) is 11.3 Å². The van der Waals surface area contributed by atoms with Crippen LogP contribution in [0.1, 0.15) is 34.3 Å². The molecule has 2 aromatic carbocycles. The first-order chi connectivity index (χ1) is 13.2. The van der Waals surface area contributed by atoms with Crippen molar-refractivity contribution in [1.82, 2.24) is 5.32 Å². The lowest BCUT2D eigenvalue weighted by Crippen LogP contribution is -2.45. The second-order valence-corrected chi connectivity index (χ2v) is 7.29. The number of hydrogen-bond acceptors (Lipinski definition) is 3. The SMILES string of the molecule is CNC(=O)c1ccc(CN=C2Nc3ccccc3CC23CCOCC3)cc1. The molecule has 0 radical (unpaired) electrons. The summed E-state index contributed by atoms with van der Waals surface area (Å²) in [5.41, 5.74) is 4.31. The minimum absolute atomic E-state index is 0.0363. The molecule has 5 nitrogen and oxygen atoms in total. The van der Waals surface area contributed by atoms with Crippen LogP contribution in [0.5, 0.6) is 0 Å². The molecule has 0 aromatic heterocycles. The molecule has 4 rings (SSSR count). The minimum Gasteiger partial charge on any atom is -0.381 e. The van der Waals surface area contributed by atoms with Gasteiger partial charge in [-0.25, -0.2) is 0 Å². The van der Waals surface area contributed by atoms with Gasteiger partial charge in [-0.05, 0) is 48.6 Å². The van der Waals surface area contributed by atoms with Gasteiger partial charge in [0, 0.05) is 36.9 Å². The maximum atomic E-state index is 11.7. The van der Waals surface area contributed by atoms with Crippen molar-refractivity contribution < 1.29 is 9.53 Å². The van der Waals surface area contributed by atoms with Crippen molar-refractivity contribution in [2.24, 2.45) is 10.4 Å². The molecule has 0 saturated carbocycles. The fourth-order valence-electron chi connectivity index (χ4n) is 3.96. The third kappa shape index (κ3) is 3.60. The van der Waals surface area contributed by atoms with Crippen LogP contribution in [-0.2, 0) is 17.7 Å². The molecule has 1 amide bonds. The summed E-state index contributed by atoms with van der Waals surface area (Å²) < 4.78 is 5.62. The van der Waals surface area contributed by atoms with Crippen LogP contribution in [0.2, 0.25) is 0 Å². The van der Waals surface area contributed by atoms with Gasteiger partial charge < -0.3 is 15.4 Å². The number of rotatable bonds is 3. The predicted molar refractivity (Wildman–Crippen MR) is 107 cm³/mol. The van der Waals surface area contributed by atoms with Crippen molar-refractivity contribution in [3.8, 4) is 0 Å². The van der Waals surface area contributed by atoms with Gasteiger partial charge in [-0.15, -0.1) is 0 Å². The molecule has 2 N–H and O–H groups in total. The Morgan fingerprint density at radius 2 is 1.89 bits per heavy atom. The number of nitrogens with one attached hydrogen (secondary N) is 2. The lowest BCUT2D eigenvalue weighted by atomic mass is 9.71. The molecule has 27 heavy (non-hydrogen) atoms. The maximum Gasteiger partial charge on any atom is 0.251 e. The molecule has 140 valence electrons. The molecule has 1 spiro atoms. The van der Waals surface area contributed by atoms with Crippen LogP contribution in [0.3, 0.4) is 0 Å². The number of benzene rings is 2. The summed E-state index contributed by atoms with van der Waals surface area (Å²) in [5, 5.41) is 6.24. The number of fused-ring (bicyclic) bond motifs is 1. The summed E-state index contributed by atoms with van der Waals surface area (Å²) in [6, 6.07) is 16.1. The van der Waals surface area contributed by atoms with Crippen LogP contribution in [0.15, 0.2) is 53.5 Å². The highest BCUT2D eigenvalue weighted by molar-refractivity contribution is 6.02. The average molecular weight is 363 g/mol. The van der Waals surface area contributed by atoms with Crippen molar-refractivity contribution in [2.45, 2.75) is 25.8 Å². The average Bonchev–Trinajstić information content (AvgIpc) is 2.72. The molecule has 1 fully saturated rings. The zero-order chi connectivity index (χ0) is 18.7.